The number of hydrogen-bond donors (Lipinski definition) is 2. The fraction of sp³-hybridized carbons (Fsp3) is 0.250. The molecule has 3 rings (SSSR count). The number of carbonyl (C=O) groups excluding carboxylic acids is 2. The van der Waals surface area contributed by atoms with Crippen LogP contribution in [-0.2, 0) is 16.6 Å². The summed E-state index contributed by atoms with van der Waals surface area (Å²) < 4.78 is 18.5. The van der Waals surface area contributed by atoms with Gasteiger partial charge in [0, 0.05) is 17.3 Å². The van der Waals surface area contributed by atoms with E-state index in [1.807, 2.05) is 19.9 Å². The molecule has 2 amide bonds. The first-order chi connectivity index (χ1) is 13.3. The number of hydrogen-bond acceptors (Lipinski definition) is 5. The number of furan rings is 1. The summed E-state index contributed by atoms with van der Waals surface area (Å²) in [5.74, 6) is -0.705. The number of carbonyl (C=O) groups is 2. The predicted octanol–water partition coefficient (Wildman–Crippen LogP) is 3.76. The maximum Gasteiger partial charge on any atom is 0.293 e. The molecule has 2 N–H and O–H groups in total. The van der Waals surface area contributed by atoms with Crippen molar-refractivity contribution in [2.45, 2.75) is 25.7 Å². The molecular formula is C20H20FN3O3S. The van der Waals surface area contributed by atoms with Crippen molar-refractivity contribution in [3.63, 3.8) is 0 Å². The van der Waals surface area contributed by atoms with Crippen LogP contribution in [0.1, 0.15) is 35.7 Å². The van der Waals surface area contributed by atoms with Gasteiger partial charge in [-0.3, -0.25) is 14.9 Å². The standard InChI is InChI=1S/C20H20FN3O3S/c1-20(2,13-5-3-6-14(21)9-13)12-22-17(25)10-15-11-28-19(23-15)24-18(26)16-7-4-8-27-16/h3-9,11H,10,12H2,1-2H3,(H,22,25)(H,23,24,26). The number of nitrogens with zero attached hydrogens (tertiary/aromatic N) is 1. The van der Waals surface area contributed by atoms with E-state index in [2.05, 4.69) is 15.6 Å². The molecule has 28 heavy (non-hydrogen) atoms. The minimum absolute atomic E-state index is 0.0896. The third kappa shape index (κ3) is 5.04. The van der Waals surface area contributed by atoms with Gasteiger partial charge in [0.25, 0.3) is 5.91 Å². The molecule has 0 saturated heterocycles. The maximum atomic E-state index is 13.4. The van der Waals surface area contributed by atoms with E-state index in [0.29, 0.717) is 17.4 Å². The number of nitrogens with one attached hydrogen (secondary N) is 2. The highest BCUT2D eigenvalue weighted by atomic mass is 32.1. The van der Waals surface area contributed by atoms with Gasteiger partial charge in [-0.05, 0) is 29.8 Å². The first-order valence-electron chi connectivity index (χ1n) is 8.65. The smallest absolute Gasteiger partial charge is 0.293 e. The van der Waals surface area contributed by atoms with Gasteiger partial charge in [0.15, 0.2) is 10.9 Å². The summed E-state index contributed by atoms with van der Waals surface area (Å²) in [6.45, 7) is 4.24. The third-order valence-corrected chi connectivity index (χ3v) is 5.00. The van der Waals surface area contributed by atoms with Crippen LogP contribution in [0.15, 0.2) is 52.5 Å². The first kappa shape index (κ1) is 19.8. The Kier molecular flexibility index (Phi) is 5.89. The summed E-state index contributed by atoms with van der Waals surface area (Å²) in [4.78, 5) is 28.4. The van der Waals surface area contributed by atoms with Gasteiger partial charge in [-0.25, -0.2) is 9.37 Å². The molecule has 8 heteroatoms. The van der Waals surface area contributed by atoms with Crippen molar-refractivity contribution in [3.05, 3.63) is 70.9 Å². The molecule has 2 aromatic heterocycles. The lowest BCUT2D eigenvalue weighted by Crippen LogP contribution is -2.37. The molecule has 0 spiro atoms. The molecule has 0 unspecified atom stereocenters. The predicted molar refractivity (Wildman–Crippen MR) is 105 cm³/mol. The Balaban J connectivity index is 1.52. The van der Waals surface area contributed by atoms with E-state index in [9.17, 15) is 14.0 Å². The molecule has 3 aromatic rings. The number of thiazole rings is 1. The van der Waals surface area contributed by atoms with E-state index in [1.165, 1.54) is 29.7 Å². The molecule has 0 aliphatic rings. The monoisotopic (exact) mass is 401 g/mol. The lowest BCUT2D eigenvalue weighted by molar-refractivity contribution is -0.120. The molecule has 0 aliphatic carbocycles. The highest BCUT2D eigenvalue weighted by Crippen LogP contribution is 2.23. The highest BCUT2D eigenvalue weighted by Gasteiger charge is 2.22. The van der Waals surface area contributed by atoms with Gasteiger partial charge < -0.3 is 9.73 Å². The summed E-state index contributed by atoms with van der Waals surface area (Å²) in [7, 11) is 0. The van der Waals surface area contributed by atoms with Crippen molar-refractivity contribution in [2.24, 2.45) is 0 Å². The number of benzene rings is 1. The zero-order valence-electron chi connectivity index (χ0n) is 15.5. The van der Waals surface area contributed by atoms with E-state index in [-0.39, 0.29) is 23.9 Å². The van der Waals surface area contributed by atoms with Crippen molar-refractivity contribution >= 4 is 28.3 Å². The molecule has 0 aliphatic heterocycles. The average molecular weight is 401 g/mol. The summed E-state index contributed by atoms with van der Waals surface area (Å²) in [5.41, 5.74) is 0.951. The van der Waals surface area contributed by atoms with Gasteiger partial charge in [0.1, 0.15) is 5.82 Å². The number of amides is 2. The van der Waals surface area contributed by atoms with Crippen LogP contribution in [0, 0.1) is 5.82 Å². The highest BCUT2D eigenvalue weighted by molar-refractivity contribution is 7.14. The topological polar surface area (TPSA) is 84.2 Å². The van der Waals surface area contributed by atoms with Gasteiger partial charge in [0.2, 0.25) is 5.91 Å². The van der Waals surface area contributed by atoms with Crippen LogP contribution in [0.4, 0.5) is 9.52 Å². The quantitative estimate of drug-likeness (QED) is 0.631. The molecule has 2 heterocycles. The SMILES string of the molecule is CC(C)(CNC(=O)Cc1csc(NC(=O)c2ccco2)n1)c1cccc(F)c1. The number of anilines is 1. The van der Waals surface area contributed by atoms with Crippen molar-refractivity contribution in [3.8, 4) is 0 Å². The summed E-state index contributed by atoms with van der Waals surface area (Å²) in [5, 5.41) is 7.60. The van der Waals surface area contributed by atoms with Gasteiger partial charge in [-0.2, -0.15) is 0 Å². The Hall–Kier alpha value is -3.00. The van der Waals surface area contributed by atoms with Crippen molar-refractivity contribution < 1.29 is 18.4 Å². The number of aromatic nitrogens is 1. The van der Waals surface area contributed by atoms with Gasteiger partial charge >= 0.3 is 0 Å². The zero-order valence-corrected chi connectivity index (χ0v) is 16.3. The van der Waals surface area contributed by atoms with Crippen molar-refractivity contribution in [1.29, 1.82) is 0 Å². The van der Waals surface area contributed by atoms with E-state index in [1.54, 1.807) is 23.6 Å². The summed E-state index contributed by atoms with van der Waals surface area (Å²) >= 11 is 1.23. The van der Waals surface area contributed by atoms with Crippen molar-refractivity contribution in [1.82, 2.24) is 10.3 Å². The van der Waals surface area contributed by atoms with Crippen LogP contribution < -0.4 is 10.6 Å². The fourth-order valence-electron chi connectivity index (χ4n) is 2.57. The van der Waals surface area contributed by atoms with E-state index < -0.39 is 11.3 Å². The molecular weight excluding hydrogens is 381 g/mol. The van der Waals surface area contributed by atoms with Gasteiger partial charge in [-0.1, -0.05) is 26.0 Å². The van der Waals surface area contributed by atoms with Crippen LogP contribution in [0.2, 0.25) is 0 Å². The van der Waals surface area contributed by atoms with Crippen LogP contribution in [0.25, 0.3) is 0 Å². The van der Waals surface area contributed by atoms with Crippen LogP contribution >= 0.6 is 11.3 Å². The zero-order chi connectivity index (χ0) is 20.1. The lowest BCUT2D eigenvalue weighted by Gasteiger charge is -2.25. The molecule has 6 nitrogen and oxygen atoms in total. The van der Waals surface area contributed by atoms with Crippen molar-refractivity contribution in [2.75, 3.05) is 11.9 Å². The molecule has 1 aromatic carbocycles. The van der Waals surface area contributed by atoms with Crippen LogP contribution in [0.3, 0.4) is 0 Å². The second-order valence-corrected chi connectivity index (χ2v) is 7.78. The molecule has 0 bridgehead atoms. The van der Waals surface area contributed by atoms with E-state index >= 15 is 0 Å². The summed E-state index contributed by atoms with van der Waals surface area (Å²) in [6, 6.07) is 9.53. The second kappa shape index (κ2) is 8.35. The minimum atomic E-state index is -0.415. The summed E-state index contributed by atoms with van der Waals surface area (Å²) in [6.07, 6.45) is 1.50. The van der Waals surface area contributed by atoms with Gasteiger partial charge in [0.05, 0.1) is 18.4 Å². The number of halogens is 1. The van der Waals surface area contributed by atoms with Crippen LogP contribution in [-0.4, -0.2) is 23.3 Å². The number of rotatable bonds is 7. The Morgan fingerprint density at radius 1 is 1.25 bits per heavy atom. The van der Waals surface area contributed by atoms with Gasteiger partial charge in [-0.15, -0.1) is 11.3 Å². The Labute approximate surface area is 165 Å². The van der Waals surface area contributed by atoms with E-state index in [0.717, 1.165) is 5.56 Å². The molecule has 0 atom stereocenters. The van der Waals surface area contributed by atoms with Crippen LogP contribution in [0.5, 0.6) is 0 Å². The average Bonchev–Trinajstić information content (AvgIpc) is 3.32. The second-order valence-electron chi connectivity index (χ2n) is 6.92. The van der Waals surface area contributed by atoms with E-state index in [4.69, 9.17) is 4.42 Å². The molecule has 0 saturated carbocycles. The normalized spacial score (nSPS) is 11.2. The largest absolute Gasteiger partial charge is 0.459 e. The molecule has 0 radical (unpaired) electrons. The molecule has 146 valence electrons. The molecule has 0 fully saturated rings. The minimum Gasteiger partial charge on any atom is -0.459 e. The third-order valence-electron chi connectivity index (χ3n) is 4.19. The Morgan fingerprint density at radius 2 is 2.07 bits per heavy atom. The lowest BCUT2D eigenvalue weighted by atomic mass is 9.84. The Bertz CT molecular complexity index is 967. The fourth-order valence-corrected chi connectivity index (χ4v) is 3.28. The first-order valence-corrected chi connectivity index (χ1v) is 9.53. The Morgan fingerprint density at radius 3 is 2.79 bits per heavy atom. The maximum absolute atomic E-state index is 13.4.